The molecule has 4 atom stereocenters. The summed E-state index contributed by atoms with van der Waals surface area (Å²) in [6.45, 7) is 4.63. The quantitative estimate of drug-likeness (QED) is 0.634. The number of ether oxygens (including phenoxy) is 3. The van der Waals surface area contributed by atoms with Gasteiger partial charge in [-0.2, -0.15) is 0 Å². The van der Waals surface area contributed by atoms with Gasteiger partial charge in [-0.1, -0.05) is 0 Å². The van der Waals surface area contributed by atoms with Crippen LogP contribution in [0.1, 0.15) is 25.6 Å². The highest BCUT2D eigenvalue weighted by atomic mass is 16.8. The van der Waals surface area contributed by atoms with Crippen molar-refractivity contribution in [2.45, 2.75) is 51.1 Å². The summed E-state index contributed by atoms with van der Waals surface area (Å²) in [6.07, 6.45) is -1.60. The average molecular weight is 326 g/mol. The Hall–Kier alpha value is -1.81. The summed E-state index contributed by atoms with van der Waals surface area (Å²) >= 11 is 0. The molecule has 0 radical (unpaired) electrons. The minimum Gasteiger partial charge on any atom is -0.394 e. The lowest BCUT2D eigenvalue weighted by molar-refractivity contribution is -0.386. The minimum absolute atomic E-state index is 0.185. The summed E-state index contributed by atoms with van der Waals surface area (Å²) in [5, 5.41) is 20.6. The fourth-order valence-corrected chi connectivity index (χ4v) is 3.05. The third-order valence-corrected chi connectivity index (χ3v) is 4.04. The molecule has 2 fully saturated rings. The van der Waals surface area contributed by atoms with Gasteiger partial charge in [-0.3, -0.25) is 19.5 Å². The highest BCUT2D eigenvalue weighted by Gasteiger charge is 2.55. The summed E-state index contributed by atoms with van der Waals surface area (Å²) < 4.78 is 18.3. The van der Waals surface area contributed by atoms with E-state index < -0.39 is 40.8 Å². The minimum atomic E-state index is -0.897. The van der Waals surface area contributed by atoms with E-state index >= 15 is 0 Å². The zero-order valence-electron chi connectivity index (χ0n) is 13.0. The van der Waals surface area contributed by atoms with E-state index in [4.69, 9.17) is 14.2 Å². The molecule has 23 heavy (non-hydrogen) atoms. The first-order chi connectivity index (χ1) is 10.7. The standard InChI is InChI=1S/C14H18N2O7/c1-7-4-10(18)15(5-8(7)16(19)20)13-12-11(9(6-17)21-13)22-14(2,3)23-12/h4-5,9,11-13,17H,6H2,1-3H3/t9-,11-,12-,13-/m1/s1. The molecule has 126 valence electrons. The van der Waals surface area contributed by atoms with E-state index in [0.717, 1.165) is 10.8 Å². The number of aliphatic hydroxyl groups is 1. The molecule has 9 nitrogen and oxygen atoms in total. The molecule has 0 spiro atoms. The lowest BCUT2D eigenvalue weighted by Crippen LogP contribution is -2.33. The van der Waals surface area contributed by atoms with Crippen LogP contribution >= 0.6 is 0 Å². The Balaban J connectivity index is 2.03. The normalized spacial score (nSPS) is 32.0. The molecule has 2 aliphatic rings. The number of aliphatic hydroxyl groups excluding tert-OH is 1. The van der Waals surface area contributed by atoms with Crippen LogP contribution in [0, 0.1) is 17.0 Å². The second-order valence-electron chi connectivity index (χ2n) is 6.16. The van der Waals surface area contributed by atoms with E-state index in [1.807, 2.05) is 0 Å². The summed E-state index contributed by atoms with van der Waals surface area (Å²) in [4.78, 5) is 22.8. The maximum Gasteiger partial charge on any atom is 0.288 e. The Morgan fingerprint density at radius 2 is 2.04 bits per heavy atom. The average Bonchev–Trinajstić information content (AvgIpc) is 2.91. The first-order valence-electron chi connectivity index (χ1n) is 7.22. The number of pyridine rings is 1. The van der Waals surface area contributed by atoms with Gasteiger partial charge < -0.3 is 19.3 Å². The summed E-state index contributed by atoms with van der Waals surface area (Å²) in [6, 6.07) is 1.18. The lowest BCUT2D eigenvalue weighted by Gasteiger charge is -2.24. The predicted molar refractivity (Wildman–Crippen MR) is 76.9 cm³/mol. The van der Waals surface area contributed by atoms with Crippen molar-refractivity contribution in [3.05, 3.63) is 38.3 Å². The summed E-state index contributed by atoms with van der Waals surface area (Å²) in [5.74, 6) is -0.884. The number of fused-ring (bicyclic) bond motifs is 1. The maximum absolute atomic E-state index is 12.2. The zero-order chi connectivity index (χ0) is 16.9. The molecular formula is C14H18N2O7. The van der Waals surface area contributed by atoms with Gasteiger partial charge in [-0.15, -0.1) is 0 Å². The van der Waals surface area contributed by atoms with Crippen molar-refractivity contribution in [3.8, 4) is 0 Å². The first kappa shape index (κ1) is 16.1. The van der Waals surface area contributed by atoms with Gasteiger partial charge in [0.25, 0.3) is 11.2 Å². The van der Waals surface area contributed by atoms with Gasteiger partial charge in [-0.25, -0.2) is 0 Å². The largest absolute Gasteiger partial charge is 0.394 e. The number of aromatic nitrogens is 1. The topological polar surface area (TPSA) is 113 Å². The molecule has 3 rings (SSSR count). The Morgan fingerprint density at radius 3 is 2.65 bits per heavy atom. The lowest BCUT2D eigenvalue weighted by atomic mass is 10.1. The fourth-order valence-electron chi connectivity index (χ4n) is 3.05. The van der Waals surface area contributed by atoms with E-state index in [0.29, 0.717) is 0 Å². The molecule has 1 aromatic heterocycles. The fraction of sp³-hybridized carbons (Fsp3) is 0.643. The molecule has 1 N–H and O–H groups in total. The van der Waals surface area contributed by atoms with Gasteiger partial charge in [0.1, 0.15) is 18.3 Å². The Labute approximate surface area is 131 Å². The van der Waals surface area contributed by atoms with Crippen molar-refractivity contribution in [1.29, 1.82) is 0 Å². The van der Waals surface area contributed by atoms with Crippen LogP contribution in [0.2, 0.25) is 0 Å². The molecule has 0 saturated carbocycles. The van der Waals surface area contributed by atoms with Gasteiger partial charge >= 0.3 is 0 Å². The molecular weight excluding hydrogens is 308 g/mol. The Kier molecular flexibility index (Phi) is 3.75. The first-order valence-corrected chi connectivity index (χ1v) is 7.22. The zero-order valence-corrected chi connectivity index (χ0v) is 13.0. The summed E-state index contributed by atoms with van der Waals surface area (Å²) in [5.41, 5.74) is -0.354. The van der Waals surface area contributed by atoms with Crippen LogP contribution in [0.25, 0.3) is 0 Å². The molecule has 0 amide bonds. The second kappa shape index (κ2) is 5.38. The highest BCUT2D eigenvalue weighted by molar-refractivity contribution is 5.36. The van der Waals surface area contributed by atoms with Crippen LogP contribution in [0.3, 0.4) is 0 Å². The number of rotatable bonds is 3. The van der Waals surface area contributed by atoms with Crippen LogP contribution in [-0.4, -0.2) is 45.3 Å². The van der Waals surface area contributed by atoms with Crippen molar-refractivity contribution in [2.24, 2.45) is 0 Å². The van der Waals surface area contributed by atoms with E-state index in [1.54, 1.807) is 13.8 Å². The molecule has 0 aromatic carbocycles. The van der Waals surface area contributed by atoms with Crippen LogP contribution in [0.15, 0.2) is 17.1 Å². The molecule has 0 aliphatic carbocycles. The third kappa shape index (κ3) is 2.65. The Bertz CT molecular complexity index is 699. The molecule has 1 aromatic rings. The van der Waals surface area contributed by atoms with Crippen molar-refractivity contribution in [1.82, 2.24) is 4.57 Å². The van der Waals surface area contributed by atoms with Crippen molar-refractivity contribution >= 4 is 5.69 Å². The maximum atomic E-state index is 12.2. The molecule has 3 heterocycles. The number of nitrogens with zero attached hydrogens (tertiary/aromatic N) is 2. The van der Waals surface area contributed by atoms with Gasteiger partial charge in [0.15, 0.2) is 12.0 Å². The van der Waals surface area contributed by atoms with Gasteiger partial charge in [0.2, 0.25) is 0 Å². The van der Waals surface area contributed by atoms with Crippen LogP contribution in [-0.2, 0) is 14.2 Å². The van der Waals surface area contributed by atoms with Crippen molar-refractivity contribution in [2.75, 3.05) is 6.61 Å². The molecule has 9 heteroatoms. The van der Waals surface area contributed by atoms with E-state index in [-0.39, 0.29) is 17.9 Å². The van der Waals surface area contributed by atoms with Gasteiger partial charge in [0.05, 0.1) is 17.7 Å². The van der Waals surface area contributed by atoms with E-state index in [2.05, 4.69) is 0 Å². The SMILES string of the molecule is Cc1cc(=O)n([C@@H]2O[C@H](CO)[C@H]3OC(C)(C)O[C@H]32)cc1[N+](=O)[O-]. The summed E-state index contributed by atoms with van der Waals surface area (Å²) in [7, 11) is 0. The van der Waals surface area contributed by atoms with E-state index in [9.17, 15) is 20.0 Å². The van der Waals surface area contributed by atoms with Crippen LogP contribution in [0.4, 0.5) is 5.69 Å². The Morgan fingerprint density at radius 1 is 1.39 bits per heavy atom. The predicted octanol–water partition coefficient (Wildman–Crippen LogP) is 0.475. The van der Waals surface area contributed by atoms with Gasteiger partial charge in [0, 0.05) is 11.6 Å². The number of hydrogen-bond acceptors (Lipinski definition) is 7. The molecule has 0 unspecified atom stereocenters. The molecule has 0 bridgehead atoms. The molecule has 2 saturated heterocycles. The van der Waals surface area contributed by atoms with Crippen molar-refractivity contribution in [3.63, 3.8) is 0 Å². The number of hydrogen-bond donors (Lipinski definition) is 1. The third-order valence-electron chi connectivity index (χ3n) is 4.04. The van der Waals surface area contributed by atoms with Crippen molar-refractivity contribution < 1.29 is 24.2 Å². The van der Waals surface area contributed by atoms with Crippen LogP contribution in [0.5, 0.6) is 0 Å². The second-order valence-corrected chi connectivity index (χ2v) is 6.16. The van der Waals surface area contributed by atoms with Crippen LogP contribution < -0.4 is 5.56 Å². The number of aryl methyl sites for hydroxylation is 1. The highest BCUT2D eigenvalue weighted by Crippen LogP contribution is 2.42. The molecule has 2 aliphatic heterocycles. The van der Waals surface area contributed by atoms with Gasteiger partial charge in [-0.05, 0) is 20.8 Å². The monoisotopic (exact) mass is 326 g/mol. The van der Waals surface area contributed by atoms with E-state index in [1.165, 1.54) is 13.0 Å². The number of nitro groups is 1. The smallest absolute Gasteiger partial charge is 0.288 e.